The van der Waals surface area contributed by atoms with Gasteiger partial charge in [-0.3, -0.25) is 4.79 Å². The fraction of sp³-hybridized carbons (Fsp3) is 0.211. The van der Waals surface area contributed by atoms with E-state index in [0.29, 0.717) is 18.0 Å². The molecule has 0 spiro atoms. The smallest absolute Gasteiger partial charge is 0.261 e. The molecule has 0 radical (unpaired) electrons. The molecule has 0 bridgehead atoms. The van der Waals surface area contributed by atoms with Crippen LogP contribution in [0.2, 0.25) is 0 Å². The summed E-state index contributed by atoms with van der Waals surface area (Å²) in [7, 11) is 3.20. The fourth-order valence-electron chi connectivity index (χ4n) is 2.64. The monoisotopic (exact) mass is 341 g/mol. The Hall–Kier alpha value is -2.53. The van der Waals surface area contributed by atoms with E-state index >= 15 is 0 Å². The molecule has 0 fully saturated rings. The second kappa shape index (κ2) is 6.93. The summed E-state index contributed by atoms with van der Waals surface area (Å²) in [6, 6.07) is 13.7. The highest BCUT2D eigenvalue weighted by Crippen LogP contribution is 2.31. The van der Waals surface area contributed by atoms with Crippen molar-refractivity contribution in [2.45, 2.75) is 13.5 Å². The maximum atomic E-state index is 12.5. The van der Waals surface area contributed by atoms with Crippen LogP contribution in [0.3, 0.4) is 0 Å². The second-order valence-electron chi connectivity index (χ2n) is 5.42. The Morgan fingerprint density at radius 3 is 2.54 bits per heavy atom. The molecule has 0 saturated heterocycles. The van der Waals surface area contributed by atoms with E-state index in [0.717, 1.165) is 26.1 Å². The number of hydrogen-bond donors (Lipinski definition) is 1. The minimum Gasteiger partial charge on any atom is -0.493 e. The molecule has 124 valence electrons. The molecular formula is C19H19NO3S. The first kappa shape index (κ1) is 16.3. The van der Waals surface area contributed by atoms with Gasteiger partial charge < -0.3 is 14.8 Å². The molecule has 0 unspecified atom stereocenters. The van der Waals surface area contributed by atoms with Gasteiger partial charge in [-0.25, -0.2) is 0 Å². The summed E-state index contributed by atoms with van der Waals surface area (Å²) < 4.78 is 11.6. The fourth-order valence-corrected chi connectivity index (χ4v) is 3.77. The minimum atomic E-state index is -0.0523. The normalized spacial score (nSPS) is 10.6. The molecule has 1 aromatic heterocycles. The summed E-state index contributed by atoms with van der Waals surface area (Å²) in [6.07, 6.45) is 0. The van der Waals surface area contributed by atoms with Crippen LogP contribution in [-0.4, -0.2) is 20.1 Å². The number of amides is 1. The van der Waals surface area contributed by atoms with Gasteiger partial charge in [-0.15, -0.1) is 11.3 Å². The van der Waals surface area contributed by atoms with Crippen molar-refractivity contribution in [1.82, 2.24) is 5.32 Å². The molecule has 0 aliphatic heterocycles. The number of nitrogens with one attached hydrogen (secondary N) is 1. The second-order valence-corrected chi connectivity index (χ2v) is 6.48. The number of hydrogen-bond acceptors (Lipinski definition) is 4. The van der Waals surface area contributed by atoms with Crippen LogP contribution in [0.25, 0.3) is 10.1 Å². The predicted octanol–water partition coefficient (Wildman–Crippen LogP) is 4.16. The number of rotatable bonds is 5. The molecule has 1 amide bonds. The average molecular weight is 341 g/mol. The molecule has 1 N–H and O–H groups in total. The van der Waals surface area contributed by atoms with Gasteiger partial charge in [0.2, 0.25) is 0 Å². The highest BCUT2D eigenvalue weighted by Gasteiger charge is 2.15. The first-order chi connectivity index (χ1) is 11.6. The molecule has 0 saturated carbocycles. The molecule has 5 heteroatoms. The maximum Gasteiger partial charge on any atom is 0.261 e. The summed E-state index contributed by atoms with van der Waals surface area (Å²) in [5, 5.41) is 4.12. The lowest BCUT2D eigenvalue weighted by molar-refractivity contribution is 0.0954. The Balaban J connectivity index is 1.76. The Morgan fingerprint density at radius 2 is 1.83 bits per heavy atom. The van der Waals surface area contributed by atoms with Crippen LogP contribution in [0.5, 0.6) is 11.5 Å². The number of thiophene rings is 1. The van der Waals surface area contributed by atoms with Crippen LogP contribution in [0.15, 0.2) is 42.5 Å². The van der Waals surface area contributed by atoms with Gasteiger partial charge in [0, 0.05) is 11.2 Å². The summed E-state index contributed by atoms with van der Waals surface area (Å²) in [5.41, 5.74) is 1.99. The van der Waals surface area contributed by atoms with Gasteiger partial charge in [-0.1, -0.05) is 24.3 Å². The zero-order valence-electron chi connectivity index (χ0n) is 13.9. The van der Waals surface area contributed by atoms with Crippen molar-refractivity contribution in [2.75, 3.05) is 14.2 Å². The Labute approximate surface area is 145 Å². The SMILES string of the molecule is COc1ccc(CNC(=O)c2sc3ccccc3c2C)cc1OC. The van der Waals surface area contributed by atoms with Crippen molar-refractivity contribution in [3.8, 4) is 11.5 Å². The molecule has 4 nitrogen and oxygen atoms in total. The van der Waals surface area contributed by atoms with Crippen LogP contribution in [0.1, 0.15) is 20.8 Å². The molecule has 24 heavy (non-hydrogen) atoms. The lowest BCUT2D eigenvalue weighted by Gasteiger charge is -2.10. The Morgan fingerprint density at radius 1 is 1.08 bits per heavy atom. The van der Waals surface area contributed by atoms with E-state index in [4.69, 9.17) is 9.47 Å². The van der Waals surface area contributed by atoms with Gasteiger partial charge in [0.1, 0.15) is 0 Å². The average Bonchev–Trinajstić information content (AvgIpc) is 2.96. The van der Waals surface area contributed by atoms with E-state index in [1.165, 1.54) is 11.3 Å². The van der Waals surface area contributed by atoms with E-state index in [9.17, 15) is 4.79 Å². The number of carbonyl (C=O) groups excluding carboxylic acids is 1. The lowest BCUT2D eigenvalue weighted by Crippen LogP contribution is -2.22. The first-order valence-corrected chi connectivity index (χ1v) is 8.43. The van der Waals surface area contributed by atoms with Crippen molar-refractivity contribution in [3.05, 3.63) is 58.5 Å². The third kappa shape index (κ3) is 3.08. The number of ether oxygens (including phenoxy) is 2. The molecule has 3 aromatic rings. The molecule has 2 aromatic carbocycles. The minimum absolute atomic E-state index is 0.0523. The number of aryl methyl sites for hydroxylation is 1. The topological polar surface area (TPSA) is 47.6 Å². The van der Waals surface area contributed by atoms with Crippen LogP contribution in [0.4, 0.5) is 0 Å². The van der Waals surface area contributed by atoms with E-state index in [-0.39, 0.29) is 5.91 Å². The predicted molar refractivity (Wildman–Crippen MR) is 97.3 cm³/mol. The summed E-state index contributed by atoms with van der Waals surface area (Å²) in [5.74, 6) is 1.28. The van der Waals surface area contributed by atoms with Crippen molar-refractivity contribution in [3.63, 3.8) is 0 Å². The molecule has 3 rings (SSSR count). The third-order valence-corrected chi connectivity index (χ3v) is 5.22. The molecule has 0 aliphatic rings. The van der Waals surface area contributed by atoms with Gasteiger partial charge in [0.25, 0.3) is 5.91 Å². The van der Waals surface area contributed by atoms with Gasteiger partial charge in [-0.2, -0.15) is 0 Å². The zero-order chi connectivity index (χ0) is 17.1. The lowest BCUT2D eigenvalue weighted by atomic mass is 10.1. The zero-order valence-corrected chi connectivity index (χ0v) is 14.7. The number of fused-ring (bicyclic) bond motifs is 1. The number of carbonyl (C=O) groups is 1. The van der Waals surface area contributed by atoms with Crippen LogP contribution in [0, 0.1) is 6.92 Å². The van der Waals surface area contributed by atoms with Crippen LogP contribution >= 0.6 is 11.3 Å². The standard InChI is InChI=1S/C19H19NO3S/c1-12-14-6-4-5-7-17(14)24-18(12)19(21)20-11-13-8-9-15(22-2)16(10-13)23-3/h4-10H,11H2,1-3H3,(H,20,21). The van der Waals surface area contributed by atoms with Gasteiger partial charge in [-0.05, 0) is 41.6 Å². The van der Waals surface area contributed by atoms with E-state index in [1.807, 2.05) is 49.4 Å². The maximum absolute atomic E-state index is 12.5. The van der Waals surface area contributed by atoms with Crippen molar-refractivity contribution >= 4 is 27.3 Å². The quantitative estimate of drug-likeness (QED) is 0.758. The highest BCUT2D eigenvalue weighted by atomic mass is 32.1. The van der Waals surface area contributed by atoms with Gasteiger partial charge in [0.05, 0.1) is 19.1 Å². The number of benzene rings is 2. The molecule has 0 aliphatic carbocycles. The van der Waals surface area contributed by atoms with Crippen molar-refractivity contribution in [2.24, 2.45) is 0 Å². The first-order valence-electron chi connectivity index (χ1n) is 7.61. The van der Waals surface area contributed by atoms with Crippen molar-refractivity contribution < 1.29 is 14.3 Å². The summed E-state index contributed by atoms with van der Waals surface area (Å²) in [4.78, 5) is 13.3. The Bertz CT molecular complexity index is 885. The summed E-state index contributed by atoms with van der Waals surface area (Å²) in [6.45, 7) is 2.43. The molecular weight excluding hydrogens is 322 g/mol. The highest BCUT2D eigenvalue weighted by molar-refractivity contribution is 7.21. The van der Waals surface area contributed by atoms with Crippen LogP contribution < -0.4 is 14.8 Å². The van der Waals surface area contributed by atoms with Crippen molar-refractivity contribution in [1.29, 1.82) is 0 Å². The van der Waals surface area contributed by atoms with Gasteiger partial charge >= 0.3 is 0 Å². The number of methoxy groups -OCH3 is 2. The summed E-state index contributed by atoms with van der Waals surface area (Å²) >= 11 is 1.52. The Kier molecular flexibility index (Phi) is 4.71. The molecule has 1 heterocycles. The largest absolute Gasteiger partial charge is 0.493 e. The van der Waals surface area contributed by atoms with Crippen LogP contribution in [-0.2, 0) is 6.54 Å². The van der Waals surface area contributed by atoms with E-state index in [2.05, 4.69) is 5.32 Å². The van der Waals surface area contributed by atoms with E-state index in [1.54, 1.807) is 14.2 Å². The third-order valence-electron chi connectivity index (χ3n) is 3.95. The molecule has 0 atom stereocenters. The van der Waals surface area contributed by atoms with E-state index < -0.39 is 0 Å². The van der Waals surface area contributed by atoms with Gasteiger partial charge in [0.15, 0.2) is 11.5 Å².